The van der Waals surface area contributed by atoms with E-state index in [0.29, 0.717) is 12.8 Å². The number of Topliss-reactive ketones (excluding diaryl/α,β-unsaturated/α-hetero) is 1. The van der Waals surface area contributed by atoms with Crippen molar-refractivity contribution < 1.29 is 17.6 Å². The van der Waals surface area contributed by atoms with E-state index in [1.807, 2.05) is 28.9 Å². The fourth-order valence-electron chi connectivity index (χ4n) is 3.25. The summed E-state index contributed by atoms with van der Waals surface area (Å²) in [6.07, 6.45) is 6.82. The van der Waals surface area contributed by atoms with Crippen LogP contribution in [0.1, 0.15) is 17.5 Å². The topological polar surface area (TPSA) is 68.5 Å². The Morgan fingerprint density at radius 2 is 1.53 bits per heavy atom. The molecule has 0 aliphatic carbocycles. The van der Waals surface area contributed by atoms with Gasteiger partial charge in [0.25, 0.3) is 0 Å². The molecule has 30 heavy (non-hydrogen) atoms. The van der Waals surface area contributed by atoms with Crippen LogP contribution in [0.2, 0.25) is 0 Å². The van der Waals surface area contributed by atoms with Gasteiger partial charge in [-0.3, -0.25) is 4.79 Å². The number of rotatable bonds is 7. The molecule has 0 unspecified atom stereocenters. The SMILES string of the molecule is O=C(CCc1ccc2nccn2c1)Cc1ccc(S(=O)(=O)c2ccc(F)cc2)cc1. The Labute approximate surface area is 173 Å². The minimum atomic E-state index is -3.72. The molecule has 4 aromatic rings. The molecule has 0 atom stereocenters. The molecule has 2 heterocycles. The molecular formula is C23H19FN2O3S. The van der Waals surface area contributed by atoms with E-state index >= 15 is 0 Å². The summed E-state index contributed by atoms with van der Waals surface area (Å²) >= 11 is 0. The third-order valence-corrected chi connectivity index (χ3v) is 6.69. The molecule has 2 aromatic heterocycles. The van der Waals surface area contributed by atoms with Crippen LogP contribution < -0.4 is 0 Å². The number of hydrogen-bond donors (Lipinski definition) is 0. The molecule has 0 aliphatic heterocycles. The maximum atomic E-state index is 13.0. The predicted octanol–water partition coefficient (Wildman–Crippen LogP) is 4.05. The zero-order valence-corrected chi connectivity index (χ0v) is 16.8. The highest BCUT2D eigenvalue weighted by molar-refractivity contribution is 7.91. The highest BCUT2D eigenvalue weighted by Crippen LogP contribution is 2.21. The van der Waals surface area contributed by atoms with Gasteiger partial charge in [0, 0.05) is 31.4 Å². The molecule has 4 rings (SSSR count). The number of fused-ring (bicyclic) bond motifs is 1. The summed E-state index contributed by atoms with van der Waals surface area (Å²) in [5, 5.41) is 0. The van der Waals surface area contributed by atoms with Crippen molar-refractivity contribution in [1.29, 1.82) is 0 Å². The van der Waals surface area contributed by atoms with Gasteiger partial charge in [-0.1, -0.05) is 18.2 Å². The average molecular weight is 422 g/mol. The largest absolute Gasteiger partial charge is 0.307 e. The van der Waals surface area contributed by atoms with Crippen molar-refractivity contribution in [3.8, 4) is 0 Å². The Bertz CT molecular complexity index is 1290. The summed E-state index contributed by atoms with van der Waals surface area (Å²) in [7, 11) is -3.72. The van der Waals surface area contributed by atoms with Gasteiger partial charge in [0.1, 0.15) is 17.2 Å². The standard InChI is InChI=1S/C23H19FN2O3S/c24-19-5-10-22(11-6-19)30(28,29)21-8-2-17(3-9-21)15-20(27)7-1-18-4-12-23-25-13-14-26(23)16-18/h2-6,8-14,16H,1,7,15H2. The van der Waals surface area contributed by atoms with Crippen LogP contribution in [0.3, 0.4) is 0 Å². The second-order valence-electron chi connectivity index (χ2n) is 7.05. The molecule has 2 aromatic carbocycles. The summed E-state index contributed by atoms with van der Waals surface area (Å²) in [5.74, 6) is -0.414. The lowest BCUT2D eigenvalue weighted by molar-refractivity contribution is -0.118. The Morgan fingerprint density at radius 3 is 2.23 bits per heavy atom. The number of carbonyl (C=O) groups excluding carboxylic acids is 1. The van der Waals surface area contributed by atoms with Crippen molar-refractivity contribution >= 4 is 21.3 Å². The number of ketones is 1. The summed E-state index contributed by atoms with van der Waals surface area (Å²) in [5.41, 5.74) is 2.67. The lowest BCUT2D eigenvalue weighted by Crippen LogP contribution is -2.06. The van der Waals surface area contributed by atoms with Gasteiger partial charge in [-0.25, -0.2) is 17.8 Å². The zero-order valence-electron chi connectivity index (χ0n) is 16.0. The van der Waals surface area contributed by atoms with Crippen LogP contribution in [-0.4, -0.2) is 23.6 Å². The van der Waals surface area contributed by atoms with E-state index in [-0.39, 0.29) is 22.0 Å². The van der Waals surface area contributed by atoms with E-state index in [9.17, 15) is 17.6 Å². The summed E-state index contributed by atoms with van der Waals surface area (Å²) in [4.78, 5) is 16.7. The molecule has 0 spiro atoms. The molecule has 0 radical (unpaired) electrons. The average Bonchev–Trinajstić information content (AvgIpc) is 3.21. The number of hydrogen-bond acceptors (Lipinski definition) is 4. The fourth-order valence-corrected chi connectivity index (χ4v) is 4.51. The van der Waals surface area contributed by atoms with E-state index < -0.39 is 15.7 Å². The van der Waals surface area contributed by atoms with Crippen molar-refractivity contribution in [3.05, 3.63) is 96.2 Å². The van der Waals surface area contributed by atoms with Crippen molar-refractivity contribution in [2.24, 2.45) is 0 Å². The van der Waals surface area contributed by atoms with Crippen molar-refractivity contribution in [1.82, 2.24) is 9.38 Å². The summed E-state index contributed by atoms with van der Waals surface area (Å²) in [6.45, 7) is 0. The number of sulfone groups is 1. The molecule has 0 N–H and O–H groups in total. The number of imidazole rings is 1. The van der Waals surface area contributed by atoms with Gasteiger partial charge in [-0.2, -0.15) is 0 Å². The van der Waals surface area contributed by atoms with Crippen molar-refractivity contribution in [3.63, 3.8) is 0 Å². The molecular weight excluding hydrogens is 403 g/mol. The minimum absolute atomic E-state index is 0.0302. The Kier molecular flexibility index (Phi) is 5.46. The first kappa shape index (κ1) is 20.0. The maximum Gasteiger partial charge on any atom is 0.206 e. The van der Waals surface area contributed by atoms with Gasteiger partial charge < -0.3 is 4.40 Å². The van der Waals surface area contributed by atoms with Gasteiger partial charge in [-0.15, -0.1) is 0 Å². The lowest BCUT2D eigenvalue weighted by Gasteiger charge is -2.07. The molecule has 5 nitrogen and oxygen atoms in total. The molecule has 0 bridgehead atoms. The number of pyridine rings is 1. The molecule has 0 amide bonds. The fraction of sp³-hybridized carbons (Fsp3) is 0.130. The van der Waals surface area contributed by atoms with Crippen LogP contribution in [0.5, 0.6) is 0 Å². The molecule has 0 saturated carbocycles. The van der Waals surface area contributed by atoms with Crippen LogP contribution in [0.4, 0.5) is 4.39 Å². The van der Waals surface area contributed by atoms with Crippen LogP contribution >= 0.6 is 0 Å². The summed E-state index contributed by atoms with van der Waals surface area (Å²) in [6, 6.07) is 14.8. The minimum Gasteiger partial charge on any atom is -0.307 e. The molecule has 0 saturated heterocycles. The Hall–Kier alpha value is -3.32. The van der Waals surface area contributed by atoms with Gasteiger partial charge in [-0.05, 0) is 60.0 Å². The molecule has 0 fully saturated rings. The smallest absolute Gasteiger partial charge is 0.206 e. The lowest BCUT2D eigenvalue weighted by atomic mass is 10.0. The zero-order chi connectivity index (χ0) is 21.1. The number of carbonyl (C=O) groups is 1. The Morgan fingerprint density at radius 1 is 0.900 bits per heavy atom. The maximum absolute atomic E-state index is 13.0. The van der Waals surface area contributed by atoms with E-state index in [4.69, 9.17) is 0 Å². The highest BCUT2D eigenvalue weighted by Gasteiger charge is 2.17. The first-order chi connectivity index (χ1) is 14.4. The van der Waals surface area contributed by atoms with Crippen LogP contribution in [0, 0.1) is 5.82 Å². The molecule has 0 aliphatic rings. The third kappa shape index (κ3) is 4.31. The third-order valence-electron chi connectivity index (χ3n) is 4.90. The summed E-state index contributed by atoms with van der Waals surface area (Å²) < 4.78 is 40.2. The van der Waals surface area contributed by atoms with E-state index in [1.54, 1.807) is 18.3 Å². The van der Waals surface area contributed by atoms with Crippen molar-refractivity contribution in [2.45, 2.75) is 29.1 Å². The van der Waals surface area contributed by atoms with Crippen LogP contribution in [0.25, 0.3) is 5.65 Å². The number of benzene rings is 2. The number of aryl methyl sites for hydroxylation is 1. The van der Waals surface area contributed by atoms with Gasteiger partial charge in [0.15, 0.2) is 0 Å². The second-order valence-corrected chi connectivity index (χ2v) is 9.00. The monoisotopic (exact) mass is 422 g/mol. The van der Waals surface area contributed by atoms with E-state index in [0.717, 1.165) is 28.9 Å². The molecule has 152 valence electrons. The predicted molar refractivity (Wildman–Crippen MR) is 111 cm³/mol. The van der Waals surface area contributed by atoms with E-state index in [2.05, 4.69) is 4.98 Å². The van der Waals surface area contributed by atoms with E-state index in [1.165, 1.54) is 24.3 Å². The number of halogens is 1. The van der Waals surface area contributed by atoms with Gasteiger partial charge in [0.05, 0.1) is 9.79 Å². The van der Waals surface area contributed by atoms with Crippen LogP contribution in [0.15, 0.2) is 89.0 Å². The molecule has 7 heteroatoms. The normalized spacial score (nSPS) is 11.6. The first-order valence-electron chi connectivity index (χ1n) is 9.45. The second kappa shape index (κ2) is 8.20. The Balaban J connectivity index is 1.39. The highest BCUT2D eigenvalue weighted by atomic mass is 32.2. The number of nitrogens with zero attached hydrogens (tertiary/aromatic N) is 2. The number of aromatic nitrogens is 2. The van der Waals surface area contributed by atoms with Gasteiger partial charge >= 0.3 is 0 Å². The quantitative estimate of drug-likeness (QED) is 0.422. The van der Waals surface area contributed by atoms with Crippen LogP contribution in [-0.2, 0) is 27.5 Å². The van der Waals surface area contributed by atoms with Crippen molar-refractivity contribution in [2.75, 3.05) is 0 Å². The van der Waals surface area contributed by atoms with Gasteiger partial charge in [0.2, 0.25) is 9.84 Å². The first-order valence-corrected chi connectivity index (χ1v) is 10.9.